The number of alkyl halides is 4. The lowest BCUT2D eigenvalue weighted by molar-refractivity contribution is -0.108. The number of carbonyl (C=O) groups is 1. The van der Waals surface area contributed by atoms with E-state index >= 15 is 0 Å². The van der Waals surface area contributed by atoms with Crippen LogP contribution in [0.15, 0.2) is 58.1 Å². The smallest absolute Gasteiger partial charge is 0.387 e. The van der Waals surface area contributed by atoms with Crippen molar-refractivity contribution in [2.24, 2.45) is 0 Å². The molecule has 0 atom stereocenters. The van der Waals surface area contributed by atoms with Gasteiger partial charge < -0.3 is 32.9 Å². The van der Waals surface area contributed by atoms with Gasteiger partial charge in [-0.3, -0.25) is 9.59 Å². The zero-order valence-electron chi connectivity index (χ0n) is 22.0. The molecule has 1 aliphatic rings. The highest BCUT2D eigenvalue weighted by molar-refractivity contribution is 5.85. The number of fused-ring (bicyclic) bond motifs is 2. The van der Waals surface area contributed by atoms with Crippen molar-refractivity contribution in [1.82, 2.24) is 9.13 Å². The maximum Gasteiger partial charge on any atom is 0.387 e. The lowest BCUT2D eigenvalue weighted by Crippen LogP contribution is -2.27. The van der Waals surface area contributed by atoms with Gasteiger partial charge >= 0.3 is 13.2 Å². The second-order valence-electron chi connectivity index (χ2n) is 9.01. The van der Waals surface area contributed by atoms with E-state index in [0.717, 1.165) is 10.9 Å². The molecule has 3 heterocycles. The van der Waals surface area contributed by atoms with Crippen molar-refractivity contribution >= 4 is 28.1 Å². The molecule has 2 aromatic carbocycles. The molecule has 0 unspecified atom stereocenters. The number of nitrogens with zero attached hydrogens (tertiary/aromatic N) is 2. The number of pyridine rings is 2. The summed E-state index contributed by atoms with van der Waals surface area (Å²) in [6, 6.07) is 11.8. The van der Waals surface area contributed by atoms with Crippen LogP contribution in [-0.4, -0.2) is 48.1 Å². The van der Waals surface area contributed by atoms with Gasteiger partial charge in [0.15, 0.2) is 6.29 Å². The third-order valence-corrected chi connectivity index (χ3v) is 6.31. The largest absolute Gasteiger partial charge is 0.435 e. The van der Waals surface area contributed by atoms with Crippen molar-refractivity contribution in [3.05, 3.63) is 80.4 Å². The third-order valence-electron chi connectivity index (χ3n) is 6.31. The van der Waals surface area contributed by atoms with E-state index in [0.29, 0.717) is 41.5 Å². The molecule has 0 N–H and O–H groups in total. The number of hydrogen-bond donors (Lipinski definition) is 0. The molecule has 2 aromatic heterocycles. The van der Waals surface area contributed by atoms with Crippen LogP contribution in [0.1, 0.15) is 11.1 Å². The Bertz CT molecular complexity index is 1660. The minimum atomic E-state index is -2.94. The molecule has 0 bridgehead atoms. The Hall–Kier alpha value is -4.23. The minimum Gasteiger partial charge on any atom is -0.435 e. The molecule has 1 saturated heterocycles. The summed E-state index contributed by atoms with van der Waals surface area (Å²) in [5.41, 5.74) is 1.81. The van der Waals surface area contributed by atoms with Crippen LogP contribution >= 0.6 is 0 Å². The molecular weight excluding hydrogens is 552 g/mol. The van der Waals surface area contributed by atoms with Crippen LogP contribution in [0.3, 0.4) is 0 Å². The summed E-state index contributed by atoms with van der Waals surface area (Å²) in [4.78, 5) is 34.6. The molecule has 0 radical (unpaired) electrons. The summed E-state index contributed by atoms with van der Waals surface area (Å²) in [5, 5.41) is 1.50. The Morgan fingerprint density at radius 2 is 1.27 bits per heavy atom. The summed E-state index contributed by atoms with van der Waals surface area (Å²) < 4.78 is 71.2. The molecule has 0 spiro atoms. The van der Waals surface area contributed by atoms with Gasteiger partial charge in [-0.05, 0) is 49.2 Å². The monoisotopic (exact) mass is 578 g/mol. The molecule has 0 saturated carbocycles. The van der Waals surface area contributed by atoms with E-state index in [1.165, 1.54) is 45.5 Å². The lowest BCUT2D eigenvalue weighted by Gasteiger charge is -2.16. The summed E-state index contributed by atoms with van der Waals surface area (Å²) in [5.74, 6) is -0.0401. The molecule has 4 aromatic rings. The Morgan fingerprint density at radius 3 is 1.73 bits per heavy atom. The van der Waals surface area contributed by atoms with Crippen molar-refractivity contribution < 1.29 is 41.3 Å². The molecule has 1 aliphatic heterocycles. The van der Waals surface area contributed by atoms with Gasteiger partial charge in [0.1, 0.15) is 17.8 Å². The average Bonchev–Trinajstić information content (AvgIpc) is 3.42. The van der Waals surface area contributed by atoms with Gasteiger partial charge in [0.25, 0.3) is 11.1 Å². The van der Waals surface area contributed by atoms with E-state index < -0.39 is 19.5 Å². The normalized spacial score (nSPS) is 13.6. The van der Waals surface area contributed by atoms with Crippen LogP contribution in [0.5, 0.6) is 11.5 Å². The van der Waals surface area contributed by atoms with Crippen LogP contribution in [0.4, 0.5) is 17.6 Å². The van der Waals surface area contributed by atoms with E-state index in [1.807, 2.05) is 0 Å². The van der Waals surface area contributed by atoms with Gasteiger partial charge in [-0.15, -0.1) is 0 Å². The summed E-state index contributed by atoms with van der Waals surface area (Å²) in [6.07, 6.45) is 0.0693. The maximum absolute atomic E-state index is 12.4. The predicted octanol–water partition coefficient (Wildman–Crippen LogP) is 4.39. The van der Waals surface area contributed by atoms with Gasteiger partial charge in [-0.2, -0.15) is 17.6 Å². The van der Waals surface area contributed by atoms with Gasteiger partial charge in [0.2, 0.25) is 0 Å². The third kappa shape index (κ3) is 7.11. The van der Waals surface area contributed by atoms with Gasteiger partial charge in [-0.1, -0.05) is 0 Å². The van der Waals surface area contributed by atoms with Crippen molar-refractivity contribution in [2.75, 3.05) is 13.2 Å². The van der Waals surface area contributed by atoms with Gasteiger partial charge in [0.05, 0.1) is 37.3 Å². The molecule has 0 aliphatic carbocycles. The van der Waals surface area contributed by atoms with Gasteiger partial charge in [-0.25, -0.2) is 0 Å². The van der Waals surface area contributed by atoms with Crippen LogP contribution in [-0.2, 0) is 27.4 Å². The molecule has 1 fully saturated rings. The first-order chi connectivity index (χ1) is 19.6. The fraction of sp³-hybridized carbons (Fsp3) is 0.321. The number of aromatic nitrogens is 2. The predicted molar refractivity (Wildman–Crippen MR) is 141 cm³/mol. The Balaban J connectivity index is 0.000000191. The molecular formula is C28H26F4N2O7. The van der Waals surface area contributed by atoms with Crippen LogP contribution < -0.4 is 20.6 Å². The second kappa shape index (κ2) is 13.0. The number of aldehydes is 1. The van der Waals surface area contributed by atoms with Crippen molar-refractivity contribution in [2.45, 2.75) is 46.5 Å². The Kier molecular flexibility index (Phi) is 9.40. The fourth-order valence-corrected chi connectivity index (χ4v) is 4.52. The fourth-order valence-electron chi connectivity index (χ4n) is 4.52. The van der Waals surface area contributed by atoms with Crippen molar-refractivity contribution in [1.29, 1.82) is 0 Å². The molecule has 0 amide bonds. The van der Waals surface area contributed by atoms with E-state index in [2.05, 4.69) is 9.47 Å². The quantitative estimate of drug-likeness (QED) is 0.226. The first-order valence-electron chi connectivity index (χ1n) is 12.4. The number of halogens is 4. The van der Waals surface area contributed by atoms with Crippen molar-refractivity contribution in [3.8, 4) is 11.5 Å². The zero-order valence-corrected chi connectivity index (χ0v) is 22.0. The number of ether oxygens (including phenoxy) is 4. The lowest BCUT2D eigenvalue weighted by atomic mass is 10.1. The summed E-state index contributed by atoms with van der Waals surface area (Å²) in [6.45, 7) is -1.29. The van der Waals surface area contributed by atoms with Crippen LogP contribution in [0.25, 0.3) is 21.8 Å². The number of carbonyl (C=O) groups excluding carboxylic acids is 1. The number of rotatable bonds is 8. The van der Waals surface area contributed by atoms with E-state index in [4.69, 9.17) is 9.47 Å². The van der Waals surface area contributed by atoms with Crippen LogP contribution in [0, 0.1) is 13.8 Å². The zero-order chi connectivity index (χ0) is 29.7. The van der Waals surface area contributed by atoms with Crippen molar-refractivity contribution in [3.63, 3.8) is 0 Å². The SMILES string of the molecule is Cc1cc(=O)n(CC2OCCO2)c2cc(OC(F)F)ccc12.Cc1cc(=O)n(CC=O)c2cc(OC(F)F)ccc12. The molecule has 41 heavy (non-hydrogen) atoms. The van der Waals surface area contributed by atoms with E-state index in [1.54, 1.807) is 26.0 Å². The molecule has 5 rings (SSSR count). The summed E-state index contributed by atoms with van der Waals surface area (Å²) >= 11 is 0. The van der Waals surface area contributed by atoms with E-state index in [-0.39, 0.29) is 35.7 Å². The highest BCUT2D eigenvalue weighted by Crippen LogP contribution is 2.25. The first kappa shape index (κ1) is 29.7. The topological polar surface area (TPSA) is 98.0 Å². The molecule has 13 heteroatoms. The molecule has 9 nitrogen and oxygen atoms in total. The van der Waals surface area contributed by atoms with Crippen LogP contribution in [0.2, 0.25) is 0 Å². The Labute approximate surface area is 230 Å². The number of hydrogen-bond acceptors (Lipinski definition) is 7. The number of aryl methyl sites for hydroxylation is 2. The number of benzene rings is 2. The van der Waals surface area contributed by atoms with E-state index in [9.17, 15) is 31.9 Å². The maximum atomic E-state index is 12.4. The summed E-state index contributed by atoms with van der Waals surface area (Å²) in [7, 11) is 0. The molecule has 218 valence electrons. The second-order valence-corrected chi connectivity index (χ2v) is 9.01. The first-order valence-corrected chi connectivity index (χ1v) is 12.4. The highest BCUT2D eigenvalue weighted by Gasteiger charge is 2.19. The Morgan fingerprint density at radius 1 is 0.805 bits per heavy atom. The van der Waals surface area contributed by atoms with Gasteiger partial charge in [0, 0.05) is 35.0 Å². The minimum absolute atomic E-state index is 0.00880. The standard InChI is InChI=1S/C15H15F2NO4.C13H11F2NO3/c1-9-6-13(19)18(8-14-20-4-5-21-14)12-7-10(22-15(16)17)2-3-11(9)12;1-8-6-12(18)16(4-5-17)11-7-9(19-13(14)15)2-3-10(8)11/h2-3,6-7,14-15H,4-5,8H2,1H3;2-3,5-7,13H,4H2,1H3. The highest BCUT2D eigenvalue weighted by atomic mass is 19.3. The average molecular weight is 579 g/mol.